The van der Waals surface area contributed by atoms with E-state index in [0.717, 1.165) is 5.56 Å². The number of rotatable bonds is 8. The van der Waals surface area contributed by atoms with Crippen molar-refractivity contribution in [3.63, 3.8) is 0 Å². The van der Waals surface area contributed by atoms with E-state index in [1.165, 1.54) is 6.26 Å². The highest BCUT2D eigenvalue weighted by molar-refractivity contribution is 14.0. The Bertz CT molecular complexity index is 888. The SMILES string of the molecule is CN=C(NCCc1nc(-c2cccc(Cl)c2)no1)NC(C)CCS(C)(=O)=O.I. The van der Waals surface area contributed by atoms with Crippen LogP contribution >= 0.6 is 35.6 Å². The number of halogens is 2. The van der Waals surface area contributed by atoms with Gasteiger partial charge in [0.2, 0.25) is 11.7 Å². The molecule has 0 fully saturated rings. The lowest BCUT2D eigenvalue weighted by Crippen LogP contribution is -2.43. The minimum Gasteiger partial charge on any atom is -0.356 e. The maximum Gasteiger partial charge on any atom is 0.228 e. The van der Waals surface area contributed by atoms with Crippen molar-refractivity contribution in [2.75, 3.05) is 25.6 Å². The molecule has 2 aromatic rings. The summed E-state index contributed by atoms with van der Waals surface area (Å²) in [6.45, 7) is 2.45. The van der Waals surface area contributed by atoms with Crippen LogP contribution in [0.2, 0.25) is 5.02 Å². The first-order chi connectivity index (χ1) is 12.8. The van der Waals surface area contributed by atoms with Gasteiger partial charge in [0.15, 0.2) is 5.96 Å². The van der Waals surface area contributed by atoms with Crippen LogP contribution in [0.1, 0.15) is 19.2 Å². The second-order valence-electron chi connectivity index (χ2n) is 6.23. The fraction of sp³-hybridized carbons (Fsp3) is 0.471. The molecule has 1 unspecified atom stereocenters. The number of aromatic nitrogens is 2. The predicted molar refractivity (Wildman–Crippen MR) is 122 cm³/mol. The van der Waals surface area contributed by atoms with E-state index in [1.54, 1.807) is 19.2 Å². The maximum atomic E-state index is 11.2. The first kappa shape index (κ1) is 24.6. The van der Waals surface area contributed by atoms with Gasteiger partial charge in [0.05, 0.1) is 5.75 Å². The summed E-state index contributed by atoms with van der Waals surface area (Å²) >= 11 is 5.98. The van der Waals surface area contributed by atoms with Crippen molar-refractivity contribution in [3.05, 3.63) is 35.2 Å². The fourth-order valence-corrected chi connectivity index (χ4v) is 3.25. The zero-order valence-corrected chi connectivity index (χ0v) is 19.9. The molecule has 28 heavy (non-hydrogen) atoms. The van der Waals surface area contributed by atoms with E-state index in [9.17, 15) is 8.42 Å². The van der Waals surface area contributed by atoms with Gasteiger partial charge in [-0.25, -0.2) is 8.42 Å². The lowest BCUT2D eigenvalue weighted by atomic mass is 10.2. The van der Waals surface area contributed by atoms with Crippen LogP contribution in [-0.4, -0.2) is 56.2 Å². The number of benzene rings is 1. The molecule has 8 nitrogen and oxygen atoms in total. The number of hydrogen-bond donors (Lipinski definition) is 2. The molecular weight excluding hydrogens is 517 g/mol. The molecule has 0 spiro atoms. The summed E-state index contributed by atoms with van der Waals surface area (Å²) in [5, 5.41) is 10.9. The van der Waals surface area contributed by atoms with Gasteiger partial charge in [-0.05, 0) is 25.5 Å². The van der Waals surface area contributed by atoms with E-state index in [-0.39, 0.29) is 35.8 Å². The summed E-state index contributed by atoms with van der Waals surface area (Å²) in [4.78, 5) is 8.49. The monoisotopic (exact) mass is 541 g/mol. The van der Waals surface area contributed by atoms with E-state index in [4.69, 9.17) is 16.1 Å². The lowest BCUT2D eigenvalue weighted by molar-refractivity contribution is 0.378. The van der Waals surface area contributed by atoms with Gasteiger partial charge in [0, 0.05) is 42.9 Å². The molecule has 1 atom stereocenters. The third kappa shape index (κ3) is 8.74. The third-order valence-electron chi connectivity index (χ3n) is 3.71. The predicted octanol–water partition coefficient (Wildman–Crippen LogP) is 2.54. The average molecular weight is 542 g/mol. The lowest BCUT2D eigenvalue weighted by Gasteiger charge is -2.17. The molecule has 156 valence electrons. The Morgan fingerprint density at radius 3 is 2.79 bits per heavy atom. The van der Waals surface area contributed by atoms with Crippen LogP contribution in [0, 0.1) is 0 Å². The molecule has 0 aliphatic heterocycles. The van der Waals surface area contributed by atoms with Crippen molar-refractivity contribution in [3.8, 4) is 11.4 Å². The molecule has 11 heteroatoms. The minimum absolute atomic E-state index is 0. The van der Waals surface area contributed by atoms with E-state index in [0.29, 0.717) is 42.1 Å². The van der Waals surface area contributed by atoms with Crippen LogP contribution < -0.4 is 10.6 Å². The summed E-state index contributed by atoms with van der Waals surface area (Å²) in [7, 11) is -1.32. The van der Waals surface area contributed by atoms with Gasteiger partial charge < -0.3 is 15.2 Å². The van der Waals surface area contributed by atoms with Gasteiger partial charge in [-0.3, -0.25) is 4.99 Å². The fourth-order valence-electron chi connectivity index (χ4n) is 2.28. The summed E-state index contributed by atoms with van der Waals surface area (Å²) in [6, 6.07) is 7.23. The average Bonchev–Trinajstić information content (AvgIpc) is 3.07. The highest BCUT2D eigenvalue weighted by atomic mass is 127. The molecule has 2 rings (SSSR count). The second-order valence-corrected chi connectivity index (χ2v) is 8.93. The molecule has 0 saturated carbocycles. The molecule has 0 saturated heterocycles. The first-order valence-electron chi connectivity index (χ1n) is 8.50. The molecule has 0 amide bonds. The molecule has 0 radical (unpaired) electrons. The Kier molecular flexibility index (Phi) is 10.2. The van der Waals surface area contributed by atoms with Gasteiger partial charge >= 0.3 is 0 Å². The van der Waals surface area contributed by atoms with Gasteiger partial charge in [0.25, 0.3) is 0 Å². The molecule has 0 aliphatic carbocycles. The Balaban J connectivity index is 0.00000392. The van der Waals surface area contributed by atoms with Crippen molar-refractivity contribution in [2.45, 2.75) is 25.8 Å². The van der Waals surface area contributed by atoms with Gasteiger partial charge in [-0.2, -0.15) is 4.98 Å². The van der Waals surface area contributed by atoms with Crippen LogP contribution in [0.4, 0.5) is 0 Å². The zero-order valence-electron chi connectivity index (χ0n) is 16.0. The van der Waals surface area contributed by atoms with Gasteiger partial charge in [-0.1, -0.05) is 28.9 Å². The van der Waals surface area contributed by atoms with E-state index < -0.39 is 9.84 Å². The van der Waals surface area contributed by atoms with Crippen LogP contribution in [-0.2, 0) is 16.3 Å². The van der Waals surface area contributed by atoms with E-state index >= 15 is 0 Å². The molecule has 0 aliphatic rings. The van der Waals surface area contributed by atoms with Crippen molar-refractivity contribution >= 4 is 51.4 Å². The van der Waals surface area contributed by atoms with E-state index in [1.807, 2.05) is 19.1 Å². The van der Waals surface area contributed by atoms with Crippen molar-refractivity contribution < 1.29 is 12.9 Å². The molecule has 1 aromatic heterocycles. The van der Waals surface area contributed by atoms with Crippen LogP contribution in [0.25, 0.3) is 11.4 Å². The Morgan fingerprint density at radius 1 is 1.39 bits per heavy atom. The zero-order chi connectivity index (χ0) is 19.9. The normalized spacial score (nSPS) is 12.9. The van der Waals surface area contributed by atoms with E-state index in [2.05, 4.69) is 25.8 Å². The third-order valence-corrected chi connectivity index (χ3v) is 4.92. The molecule has 1 heterocycles. The number of aliphatic imine (C=N–C) groups is 1. The molecule has 0 bridgehead atoms. The van der Waals surface area contributed by atoms with Crippen molar-refractivity contribution in [2.24, 2.45) is 4.99 Å². The second kappa shape index (κ2) is 11.6. The van der Waals surface area contributed by atoms with Gasteiger partial charge in [-0.15, -0.1) is 24.0 Å². The quantitative estimate of drug-likeness (QED) is 0.300. The van der Waals surface area contributed by atoms with Gasteiger partial charge in [0.1, 0.15) is 9.84 Å². The maximum absolute atomic E-state index is 11.2. The van der Waals surface area contributed by atoms with Crippen LogP contribution in [0.5, 0.6) is 0 Å². The summed E-state index contributed by atoms with van der Waals surface area (Å²) in [5.74, 6) is 1.71. The molecule has 1 aromatic carbocycles. The summed E-state index contributed by atoms with van der Waals surface area (Å²) in [5.41, 5.74) is 0.794. The number of nitrogens with zero attached hydrogens (tertiary/aromatic N) is 3. The Hall–Kier alpha value is -1.40. The number of sulfone groups is 1. The topological polar surface area (TPSA) is 109 Å². The first-order valence-corrected chi connectivity index (χ1v) is 10.9. The minimum atomic E-state index is -2.97. The largest absolute Gasteiger partial charge is 0.356 e. The standard InChI is InChI=1S/C17H24ClN5O3S.HI/c1-12(8-10-27(3,24)25)21-17(19-2)20-9-7-15-22-16(23-26-15)13-5-4-6-14(18)11-13;/h4-6,11-12H,7-10H2,1-3H3,(H2,19,20,21);1H. The highest BCUT2D eigenvalue weighted by Gasteiger charge is 2.11. The number of guanidine groups is 1. The Morgan fingerprint density at radius 2 is 2.14 bits per heavy atom. The molecular formula is C17H25ClIN5O3S. The van der Waals surface area contributed by atoms with Crippen LogP contribution in [0.15, 0.2) is 33.8 Å². The summed E-state index contributed by atoms with van der Waals surface area (Å²) in [6.07, 6.45) is 2.26. The number of hydrogen-bond acceptors (Lipinski definition) is 6. The Labute approximate surface area is 187 Å². The molecule has 2 N–H and O–H groups in total. The highest BCUT2D eigenvalue weighted by Crippen LogP contribution is 2.19. The van der Waals surface area contributed by atoms with Crippen LogP contribution in [0.3, 0.4) is 0 Å². The van der Waals surface area contributed by atoms with Crippen molar-refractivity contribution in [1.29, 1.82) is 0 Å². The van der Waals surface area contributed by atoms with Crippen molar-refractivity contribution in [1.82, 2.24) is 20.8 Å². The summed E-state index contributed by atoms with van der Waals surface area (Å²) < 4.78 is 27.7. The smallest absolute Gasteiger partial charge is 0.228 e. The number of nitrogens with one attached hydrogen (secondary N) is 2.